The van der Waals surface area contributed by atoms with E-state index in [0.717, 1.165) is 16.4 Å². The first kappa shape index (κ1) is 15.7. The number of benzene rings is 1. The maximum absolute atomic E-state index is 13.7. The van der Waals surface area contributed by atoms with Crippen LogP contribution in [0.4, 0.5) is 8.78 Å². The molecule has 0 aliphatic heterocycles. The van der Waals surface area contributed by atoms with Gasteiger partial charge in [0.1, 0.15) is 4.90 Å². The van der Waals surface area contributed by atoms with Gasteiger partial charge in [0.25, 0.3) is 0 Å². The second-order valence-corrected chi connectivity index (χ2v) is 5.70. The summed E-state index contributed by atoms with van der Waals surface area (Å²) in [6.45, 7) is 4.50. The normalized spacial score (nSPS) is 11.8. The summed E-state index contributed by atoms with van der Waals surface area (Å²) < 4.78 is 52.3. The average molecular weight is 291 g/mol. The van der Waals surface area contributed by atoms with Gasteiger partial charge in [-0.25, -0.2) is 17.2 Å². The van der Waals surface area contributed by atoms with Gasteiger partial charge in [0.15, 0.2) is 11.6 Å². The minimum Gasteiger partial charge on any atom is -0.392 e. The minimum absolute atomic E-state index is 0.00729. The van der Waals surface area contributed by atoms with Gasteiger partial charge in [0.05, 0.1) is 6.61 Å². The summed E-state index contributed by atoms with van der Waals surface area (Å²) in [5, 5.41) is 8.93. The maximum Gasteiger partial charge on any atom is 0.246 e. The lowest BCUT2D eigenvalue weighted by Gasteiger charge is -2.19. The molecule has 0 saturated heterocycles. The van der Waals surface area contributed by atoms with Crippen LogP contribution in [0.5, 0.6) is 0 Å². The summed E-state index contributed by atoms with van der Waals surface area (Å²) in [6.07, 6.45) is 1.35. The molecule has 0 aliphatic carbocycles. The summed E-state index contributed by atoms with van der Waals surface area (Å²) in [4.78, 5) is -0.778. The van der Waals surface area contributed by atoms with E-state index in [1.165, 1.54) is 6.08 Å². The van der Waals surface area contributed by atoms with E-state index in [1.807, 2.05) is 0 Å². The molecule has 1 rings (SSSR count). The van der Waals surface area contributed by atoms with Gasteiger partial charge in [0, 0.05) is 13.1 Å². The summed E-state index contributed by atoms with van der Waals surface area (Å²) >= 11 is 0. The van der Waals surface area contributed by atoms with E-state index in [2.05, 4.69) is 6.58 Å². The van der Waals surface area contributed by atoms with Crippen LogP contribution >= 0.6 is 0 Å². The number of halogens is 2. The van der Waals surface area contributed by atoms with E-state index in [9.17, 15) is 17.2 Å². The van der Waals surface area contributed by atoms with Crippen LogP contribution in [0.15, 0.2) is 29.7 Å². The minimum atomic E-state index is -4.16. The number of hydrogen-bond donors (Lipinski definition) is 1. The first-order valence-corrected chi connectivity index (χ1v) is 7.02. The topological polar surface area (TPSA) is 57.6 Å². The van der Waals surface area contributed by atoms with E-state index >= 15 is 0 Å². The van der Waals surface area contributed by atoms with Crippen LogP contribution in [0.3, 0.4) is 0 Å². The van der Waals surface area contributed by atoms with Crippen molar-refractivity contribution in [1.29, 1.82) is 0 Å². The molecule has 7 heteroatoms. The Balaban J connectivity index is 3.42. The summed E-state index contributed by atoms with van der Waals surface area (Å²) in [5.41, 5.74) is -0.00729. The quantitative estimate of drug-likeness (QED) is 0.811. The van der Waals surface area contributed by atoms with Gasteiger partial charge in [-0.2, -0.15) is 4.31 Å². The number of aliphatic hydroxyl groups is 1. The van der Waals surface area contributed by atoms with Crippen molar-refractivity contribution in [2.75, 3.05) is 13.1 Å². The van der Waals surface area contributed by atoms with Gasteiger partial charge in [-0.15, -0.1) is 6.58 Å². The third kappa shape index (κ3) is 3.17. The molecule has 0 saturated carbocycles. The molecule has 0 amide bonds. The Bertz CT molecular complexity index is 573. The Hall–Kier alpha value is -1.31. The van der Waals surface area contributed by atoms with Crippen molar-refractivity contribution in [2.24, 2.45) is 0 Å². The number of aliphatic hydroxyl groups excluding tert-OH is 1. The maximum atomic E-state index is 13.7. The number of nitrogens with zero attached hydrogens (tertiary/aromatic N) is 1. The molecular weight excluding hydrogens is 276 g/mol. The van der Waals surface area contributed by atoms with Gasteiger partial charge >= 0.3 is 0 Å². The predicted octanol–water partition coefficient (Wildman–Crippen LogP) is 1.65. The highest BCUT2D eigenvalue weighted by molar-refractivity contribution is 7.89. The van der Waals surface area contributed by atoms with Crippen molar-refractivity contribution in [3.05, 3.63) is 42.0 Å². The van der Waals surface area contributed by atoms with Crippen LogP contribution in [-0.4, -0.2) is 30.9 Å². The Morgan fingerprint density at radius 2 is 2.05 bits per heavy atom. The summed E-state index contributed by atoms with van der Waals surface area (Å²) in [6, 6.07) is 1.69. The first-order valence-electron chi connectivity index (χ1n) is 5.58. The summed E-state index contributed by atoms with van der Waals surface area (Å²) in [5.74, 6) is -2.75. The molecule has 0 atom stereocenters. The lowest BCUT2D eigenvalue weighted by Crippen LogP contribution is -2.32. The van der Waals surface area contributed by atoms with Crippen molar-refractivity contribution in [1.82, 2.24) is 4.31 Å². The molecule has 0 unspecified atom stereocenters. The highest BCUT2D eigenvalue weighted by atomic mass is 32.2. The second kappa shape index (κ2) is 6.23. The Labute approximate surface area is 111 Å². The monoisotopic (exact) mass is 291 g/mol. The average Bonchev–Trinajstić information content (AvgIpc) is 2.38. The molecule has 0 spiro atoms. The van der Waals surface area contributed by atoms with E-state index < -0.39 is 33.2 Å². The first-order chi connectivity index (χ1) is 8.88. The Kier molecular flexibility index (Phi) is 5.16. The van der Waals surface area contributed by atoms with Crippen LogP contribution < -0.4 is 0 Å². The molecule has 0 radical (unpaired) electrons. The molecule has 4 nitrogen and oxygen atoms in total. The van der Waals surface area contributed by atoms with Gasteiger partial charge < -0.3 is 5.11 Å². The molecule has 0 aliphatic rings. The zero-order valence-electron chi connectivity index (χ0n) is 10.4. The Morgan fingerprint density at radius 3 is 2.53 bits per heavy atom. The van der Waals surface area contributed by atoms with Crippen molar-refractivity contribution in [3.63, 3.8) is 0 Å². The SMILES string of the molecule is C=CCN(CC)S(=O)(=O)c1cc(CO)cc(F)c1F. The molecule has 0 fully saturated rings. The number of rotatable bonds is 6. The highest BCUT2D eigenvalue weighted by Gasteiger charge is 2.27. The van der Waals surface area contributed by atoms with Gasteiger partial charge in [-0.3, -0.25) is 0 Å². The lowest BCUT2D eigenvalue weighted by molar-refractivity contribution is 0.280. The highest BCUT2D eigenvalue weighted by Crippen LogP contribution is 2.23. The predicted molar refractivity (Wildman–Crippen MR) is 66.9 cm³/mol. The van der Waals surface area contributed by atoms with Crippen LogP contribution in [0.1, 0.15) is 12.5 Å². The fraction of sp³-hybridized carbons (Fsp3) is 0.333. The van der Waals surface area contributed by atoms with Gasteiger partial charge in [0.2, 0.25) is 10.0 Å². The lowest BCUT2D eigenvalue weighted by atomic mass is 10.2. The van der Waals surface area contributed by atoms with Gasteiger partial charge in [-0.05, 0) is 17.7 Å². The zero-order valence-corrected chi connectivity index (χ0v) is 11.3. The van der Waals surface area contributed by atoms with Crippen molar-refractivity contribution in [2.45, 2.75) is 18.4 Å². The third-order valence-electron chi connectivity index (χ3n) is 2.54. The smallest absolute Gasteiger partial charge is 0.246 e. The van der Waals surface area contributed by atoms with Crippen molar-refractivity contribution in [3.8, 4) is 0 Å². The standard InChI is InChI=1S/C12H15F2NO3S/c1-3-5-15(4-2)19(17,18)11-7-9(8-16)6-10(13)12(11)14/h3,6-7,16H,1,4-5,8H2,2H3. The van der Waals surface area contributed by atoms with E-state index in [-0.39, 0.29) is 18.7 Å². The van der Waals surface area contributed by atoms with Crippen molar-refractivity contribution < 1.29 is 22.3 Å². The molecular formula is C12H15F2NO3S. The molecule has 0 bridgehead atoms. The molecule has 0 heterocycles. The van der Waals surface area contributed by atoms with Crippen LogP contribution in [-0.2, 0) is 16.6 Å². The number of sulfonamides is 1. The largest absolute Gasteiger partial charge is 0.392 e. The molecule has 1 aromatic carbocycles. The molecule has 106 valence electrons. The third-order valence-corrected chi connectivity index (χ3v) is 4.48. The fourth-order valence-corrected chi connectivity index (χ4v) is 3.12. The van der Waals surface area contributed by atoms with Crippen LogP contribution in [0.2, 0.25) is 0 Å². The number of likely N-dealkylation sites (N-methyl/N-ethyl adjacent to an activating group) is 1. The Morgan fingerprint density at radius 1 is 1.42 bits per heavy atom. The van der Waals surface area contributed by atoms with Crippen molar-refractivity contribution >= 4 is 10.0 Å². The van der Waals surface area contributed by atoms with Gasteiger partial charge in [-0.1, -0.05) is 13.0 Å². The molecule has 19 heavy (non-hydrogen) atoms. The molecule has 1 aromatic rings. The molecule has 1 N–H and O–H groups in total. The van der Waals surface area contributed by atoms with Crippen LogP contribution in [0, 0.1) is 11.6 Å². The number of hydrogen-bond acceptors (Lipinski definition) is 3. The summed E-state index contributed by atoms with van der Waals surface area (Å²) in [7, 11) is -4.16. The zero-order chi connectivity index (χ0) is 14.6. The van der Waals surface area contributed by atoms with E-state index in [0.29, 0.717) is 0 Å². The van der Waals surface area contributed by atoms with Crippen LogP contribution in [0.25, 0.3) is 0 Å². The second-order valence-electron chi connectivity index (χ2n) is 3.79. The van der Waals surface area contributed by atoms with E-state index in [4.69, 9.17) is 5.11 Å². The fourth-order valence-electron chi connectivity index (χ4n) is 1.58. The molecule has 0 aromatic heterocycles. The van der Waals surface area contributed by atoms with E-state index in [1.54, 1.807) is 6.92 Å².